The minimum atomic E-state index is -5.98. The summed E-state index contributed by atoms with van der Waals surface area (Å²) >= 11 is 0. The van der Waals surface area contributed by atoms with E-state index < -0.39 is 33.5 Å². The van der Waals surface area contributed by atoms with Gasteiger partial charge in [0.1, 0.15) is 0 Å². The summed E-state index contributed by atoms with van der Waals surface area (Å²) in [6.45, 7) is -0.367. The third-order valence-corrected chi connectivity index (χ3v) is 5.13. The van der Waals surface area contributed by atoms with E-state index in [4.69, 9.17) is 0 Å². The van der Waals surface area contributed by atoms with Gasteiger partial charge in [-0.05, 0) is 17.7 Å². The molecule has 0 bridgehead atoms. The predicted molar refractivity (Wildman–Crippen MR) is 82.9 cm³/mol. The molecule has 0 radical (unpaired) electrons. The van der Waals surface area contributed by atoms with E-state index in [9.17, 15) is 39.9 Å². The van der Waals surface area contributed by atoms with Gasteiger partial charge in [-0.3, -0.25) is 0 Å². The van der Waals surface area contributed by atoms with Crippen LogP contribution in [0.25, 0.3) is 0 Å². The second-order valence-corrected chi connectivity index (χ2v) is 7.31. The zero-order valence-electron chi connectivity index (χ0n) is 13.3. The van der Waals surface area contributed by atoms with Crippen molar-refractivity contribution in [1.29, 1.82) is 0 Å². The van der Waals surface area contributed by atoms with E-state index in [2.05, 4.69) is 4.72 Å². The van der Waals surface area contributed by atoms with Crippen LogP contribution in [0.2, 0.25) is 0 Å². The molecule has 0 aliphatic carbocycles. The lowest BCUT2D eigenvalue weighted by atomic mass is 9.91. The van der Waals surface area contributed by atoms with Gasteiger partial charge in [0.05, 0.1) is 4.90 Å². The van der Waals surface area contributed by atoms with E-state index in [1.165, 1.54) is 24.3 Å². The Balaban J connectivity index is 2.23. The first-order valence-electron chi connectivity index (χ1n) is 7.29. The Morgan fingerprint density at radius 3 is 1.74 bits per heavy atom. The van der Waals surface area contributed by atoms with E-state index in [-0.39, 0.29) is 17.0 Å². The Morgan fingerprint density at radius 2 is 1.30 bits per heavy atom. The summed E-state index contributed by atoms with van der Waals surface area (Å²) in [5, 5.41) is 9.29. The molecule has 2 aromatic rings. The van der Waals surface area contributed by atoms with Crippen molar-refractivity contribution in [3.05, 3.63) is 65.7 Å². The van der Waals surface area contributed by atoms with Crippen molar-refractivity contribution < 1.29 is 39.9 Å². The number of sulfonamides is 1. The highest BCUT2D eigenvalue weighted by atomic mass is 32.2. The Kier molecular flexibility index (Phi) is 5.60. The maximum Gasteiger partial charge on any atom is 0.430 e. The third kappa shape index (κ3) is 4.25. The number of nitrogens with one attached hydrogen (secondary N) is 1. The van der Waals surface area contributed by atoms with Crippen molar-refractivity contribution in [2.24, 2.45) is 0 Å². The number of benzene rings is 2. The van der Waals surface area contributed by atoms with Gasteiger partial charge >= 0.3 is 12.4 Å². The summed E-state index contributed by atoms with van der Waals surface area (Å²) in [4.78, 5) is -0.0508. The minimum absolute atomic E-state index is 0.0508. The van der Waals surface area contributed by atoms with Crippen LogP contribution >= 0.6 is 0 Å². The molecule has 2 rings (SSSR count). The lowest BCUT2D eigenvalue weighted by Gasteiger charge is -2.32. The summed E-state index contributed by atoms with van der Waals surface area (Å²) in [6.07, 6.45) is -12.0. The fourth-order valence-electron chi connectivity index (χ4n) is 2.21. The van der Waals surface area contributed by atoms with Gasteiger partial charge in [0.25, 0.3) is 5.60 Å². The summed E-state index contributed by atoms with van der Waals surface area (Å²) in [5.74, 6) is 0. The lowest BCUT2D eigenvalue weighted by molar-refractivity contribution is -0.376. The average molecular weight is 413 g/mol. The molecule has 4 nitrogen and oxygen atoms in total. The first kappa shape index (κ1) is 21.2. The fraction of sp³-hybridized carbons (Fsp3) is 0.250. The Bertz CT molecular complexity index is 863. The topological polar surface area (TPSA) is 66.4 Å². The van der Waals surface area contributed by atoms with E-state index in [1.54, 1.807) is 6.07 Å². The Hall–Kier alpha value is -2.11. The van der Waals surface area contributed by atoms with E-state index in [0.29, 0.717) is 12.1 Å². The van der Waals surface area contributed by atoms with Crippen molar-refractivity contribution in [3.63, 3.8) is 0 Å². The van der Waals surface area contributed by atoms with Crippen molar-refractivity contribution >= 4 is 10.0 Å². The van der Waals surface area contributed by atoms with Crippen LogP contribution in [0, 0.1) is 0 Å². The van der Waals surface area contributed by atoms with Crippen LogP contribution in [0.3, 0.4) is 0 Å². The molecule has 0 aliphatic heterocycles. The monoisotopic (exact) mass is 413 g/mol. The zero-order valence-corrected chi connectivity index (χ0v) is 14.2. The fourth-order valence-corrected chi connectivity index (χ4v) is 3.25. The smallest absolute Gasteiger partial charge is 0.369 e. The highest BCUT2D eigenvalue weighted by Crippen LogP contribution is 2.49. The number of hydrogen-bond acceptors (Lipinski definition) is 3. The molecule has 0 amide bonds. The van der Waals surface area contributed by atoms with Crippen LogP contribution in [-0.2, 0) is 22.2 Å². The van der Waals surface area contributed by atoms with Crippen LogP contribution in [0.5, 0.6) is 0 Å². The van der Waals surface area contributed by atoms with Crippen molar-refractivity contribution in [1.82, 2.24) is 4.72 Å². The summed E-state index contributed by atoms with van der Waals surface area (Å²) < 4.78 is 103. The Morgan fingerprint density at radius 1 is 0.815 bits per heavy atom. The molecule has 148 valence electrons. The molecule has 0 unspecified atom stereocenters. The molecule has 2 aromatic carbocycles. The normalized spacial score (nSPS) is 13.6. The van der Waals surface area contributed by atoms with Gasteiger partial charge in [0, 0.05) is 12.1 Å². The van der Waals surface area contributed by atoms with Gasteiger partial charge in [-0.25, -0.2) is 13.1 Å². The van der Waals surface area contributed by atoms with E-state index in [0.717, 1.165) is 12.1 Å². The molecule has 0 spiro atoms. The van der Waals surface area contributed by atoms with Gasteiger partial charge in [-0.15, -0.1) is 0 Å². The van der Waals surface area contributed by atoms with Gasteiger partial charge in [0.15, 0.2) is 0 Å². The maximum absolute atomic E-state index is 12.8. The SMILES string of the molecule is O=S(=O)(NCc1ccc(C(O)(C(F)(F)F)C(F)(F)F)cc1)c1ccccc1. The number of aliphatic hydroxyl groups is 1. The molecule has 0 saturated carbocycles. The average Bonchev–Trinajstić information content (AvgIpc) is 2.58. The number of halogens is 6. The molecule has 0 heterocycles. The highest BCUT2D eigenvalue weighted by Gasteiger charge is 2.71. The molecular weight excluding hydrogens is 400 g/mol. The molecule has 0 atom stereocenters. The van der Waals surface area contributed by atoms with Crippen LogP contribution < -0.4 is 4.72 Å². The molecule has 2 N–H and O–H groups in total. The van der Waals surface area contributed by atoms with Crippen LogP contribution in [0.15, 0.2) is 59.5 Å². The predicted octanol–water partition coefficient (Wildman–Crippen LogP) is 3.48. The summed E-state index contributed by atoms with van der Waals surface area (Å²) in [7, 11) is -3.90. The van der Waals surface area contributed by atoms with Gasteiger partial charge in [0.2, 0.25) is 10.0 Å². The first-order chi connectivity index (χ1) is 12.3. The van der Waals surface area contributed by atoms with Gasteiger partial charge in [-0.2, -0.15) is 26.3 Å². The second kappa shape index (κ2) is 7.13. The second-order valence-electron chi connectivity index (χ2n) is 5.54. The number of alkyl halides is 6. The van der Waals surface area contributed by atoms with Crippen molar-refractivity contribution in [2.45, 2.75) is 29.4 Å². The molecule has 0 aliphatic rings. The molecule has 0 saturated heterocycles. The summed E-state index contributed by atoms with van der Waals surface area (Å²) in [6, 6.07) is 9.84. The summed E-state index contributed by atoms with van der Waals surface area (Å²) in [5.41, 5.74) is -6.34. The number of rotatable bonds is 5. The highest BCUT2D eigenvalue weighted by molar-refractivity contribution is 7.89. The molecule has 11 heteroatoms. The van der Waals surface area contributed by atoms with Crippen LogP contribution in [-0.4, -0.2) is 25.9 Å². The van der Waals surface area contributed by atoms with Crippen LogP contribution in [0.4, 0.5) is 26.3 Å². The van der Waals surface area contributed by atoms with E-state index >= 15 is 0 Å². The molecular formula is C16H13F6NO3S. The zero-order chi connectivity index (χ0) is 20.5. The van der Waals surface area contributed by atoms with Crippen LogP contribution in [0.1, 0.15) is 11.1 Å². The minimum Gasteiger partial charge on any atom is -0.369 e. The first-order valence-corrected chi connectivity index (χ1v) is 8.77. The molecule has 0 aromatic heterocycles. The Labute approximate surface area is 150 Å². The standard InChI is InChI=1S/C16H13F6NO3S/c17-15(18,19)14(24,16(20,21)22)12-8-6-11(7-9-12)10-23-27(25,26)13-4-2-1-3-5-13/h1-9,23-24H,10H2. The third-order valence-electron chi connectivity index (χ3n) is 3.71. The maximum atomic E-state index is 12.8. The van der Waals surface area contributed by atoms with E-state index in [1.807, 2.05) is 0 Å². The van der Waals surface area contributed by atoms with Gasteiger partial charge < -0.3 is 5.11 Å². The van der Waals surface area contributed by atoms with Gasteiger partial charge in [-0.1, -0.05) is 42.5 Å². The van der Waals surface area contributed by atoms with Crippen molar-refractivity contribution in [3.8, 4) is 0 Å². The quantitative estimate of drug-likeness (QED) is 0.738. The largest absolute Gasteiger partial charge is 0.430 e. The lowest BCUT2D eigenvalue weighted by Crippen LogP contribution is -2.53. The van der Waals surface area contributed by atoms with Crippen molar-refractivity contribution in [2.75, 3.05) is 0 Å². The number of hydrogen-bond donors (Lipinski definition) is 2. The molecule has 27 heavy (non-hydrogen) atoms. The molecule has 0 fully saturated rings.